The number of aliphatic imine (C=N–C) groups is 1. The van der Waals surface area contributed by atoms with E-state index in [0.29, 0.717) is 5.92 Å². The molecule has 124 valence electrons. The zero-order valence-corrected chi connectivity index (χ0v) is 14.1. The molecule has 0 amide bonds. The van der Waals surface area contributed by atoms with Gasteiger partial charge in [0.15, 0.2) is 0 Å². The molecule has 3 unspecified atom stereocenters. The Hall–Kier alpha value is -0.620. The van der Waals surface area contributed by atoms with Crippen LogP contribution in [0.3, 0.4) is 0 Å². The molecule has 3 aliphatic carbocycles. The number of isocyanates is 1. The van der Waals surface area contributed by atoms with E-state index in [2.05, 4.69) is 4.99 Å². The van der Waals surface area contributed by atoms with E-state index < -0.39 is 0 Å². The van der Waals surface area contributed by atoms with Gasteiger partial charge in [-0.15, -0.1) is 0 Å². The molecule has 0 aromatic rings. The fourth-order valence-corrected chi connectivity index (χ4v) is 5.90. The molecule has 0 bridgehead atoms. The summed E-state index contributed by atoms with van der Waals surface area (Å²) in [5.74, 6) is 4.34. The van der Waals surface area contributed by atoms with E-state index in [4.69, 9.17) is 0 Å². The van der Waals surface area contributed by atoms with Crippen LogP contribution in [-0.4, -0.2) is 12.6 Å². The molecule has 3 fully saturated rings. The number of rotatable bonds is 4. The second-order valence-corrected chi connectivity index (χ2v) is 8.23. The monoisotopic (exact) mass is 303 g/mol. The molecule has 0 radical (unpaired) electrons. The van der Waals surface area contributed by atoms with Crippen LogP contribution >= 0.6 is 0 Å². The minimum Gasteiger partial charge on any atom is -0.211 e. The molecular weight excluding hydrogens is 270 g/mol. The van der Waals surface area contributed by atoms with Gasteiger partial charge in [0.05, 0.1) is 6.54 Å². The second-order valence-electron chi connectivity index (χ2n) is 8.23. The van der Waals surface area contributed by atoms with Crippen molar-refractivity contribution in [1.29, 1.82) is 0 Å². The molecule has 0 aromatic carbocycles. The number of hydrogen-bond acceptors (Lipinski definition) is 2. The molecule has 2 nitrogen and oxygen atoms in total. The summed E-state index contributed by atoms with van der Waals surface area (Å²) in [5, 5.41) is 0. The average Bonchev–Trinajstić information content (AvgIpc) is 2.61. The molecule has 3 aliphatic rings. The minimum atomic E-state index is 0.672. The summed E-state index contributed by atoms with van der Waals surface area (Å²) in [4.78, 5) is 14.6. The van der Waals surface area contributed by atoms with E-state index in [0.717, 1.165) is 30.2 Å². The van der Waals surface area contributed by atoms with Crippen LogP contribution in [0.15, 0.2) is 4.99 Å². The Morgan fingerprint density at radius 2 is 1.36 bits per heavy atom. The molecule has 2 heteroatoms. The highest BCUT2D eigenvalue weighted by Crippen LogP contribution is 2.47. The Morgan fingerprint density at radius 3 is 2.00 bits per heavy atom. The van der Waals surface area contributed by atoms with Crippen molar-refractivity contribution in [2.45, 2.75) is 83.5 Å². The third-order valence-electron chi connectivity index (χ3n) is 7.04. The maximum absolute atomic E-state index is 10.6. The molecule has 0 N–H and O–H groups in total. The summed E-state index contributed by atoms with van der Waals surface area (Å²) in [6, 6.07) is 0. The van der Waals surface area contributed by atoms with Gasteiger partial charge in [0.1, 0.15) is 0 Å². The zero-order chi connectivity index (χ0) is 15.2. The van der Waals surface area contributed by atoms with Gasteiger partial charge in [-0.2, -0.15) is 0 Å². The van der Waals surface area contributed by atoms with Crippen LogP contribution < -0.4 is 0 Å². The first-order valence-corrected chi connectivity index (χ1v) is 9.92. The standard InChI is InChI=1S/C20H33NO/c22-15-21-14-19-13-18(16-7-3-1-4-8-16)11-12-20(19)17-9-5-2-6-10-17/h16-20H,1-14H2. The van der Waals surface area contributed by atoms with Crippen molar-refractivity contribution >= 4 is 6.08 Å². The lowest BCUT2D eigenvalue weighted by molar-refractivity contribution is 0.0711. The van der Waals surface area contributed by atoms with Gasteiger partial charge in [0.25, 0.3) is 0 Å². The number of nitrogens with zero attached hydrogens (tertiary/aromatic N) is 1. The van der Waals surface area contributed by atoms with Crippen LogP contribution in [0, 0.1) is 29.6 Å². The van der Waals surface area contributed by atoms with Gasteiger partial charge in [-0.3, -0.25) is 0 Å². The molecule has 0 spiro atoms. The van der Waals surface area contributed by atoms with Crippen LogP contribution in [0.5, 0.6) is 0 Å². The van der Waals surface area contributed by atoms with Gasteiger partial charge < -0.3 is 0 Å². The Morgan fingerprint density at radius 1 is 0.727 bits per heavy atom. The summed E-state index contributed by atoms with van der Waals surface area (Å²) in [6.45, 7) is 0.758. The second kappa shape index (κ2) is 8.29. The normalized spacial score (nSPS) is 35.0. The largest absolute Gasteiger partial charge is 0.234 e. The van der Waals surface area contributed by atoms with Crippen molar-refractivity contribution in [3.63, 3.8) is 0 Å². The predicted octanol–water partition coefficient (Wildman–Crippen LogP) is 5.52. The lowest BCUT2D eigenvalue weighted by Crippen LogP contribution is -2.35. The van der Waals surface area contributed by atoms with Crippen molar-refractivity contribution in [3.05, 3.63) is 0 Å². The predicted molar refractivity (Wildman–Crippen MR) is 90.5 cm³/mol. The first-order chi connectivity index (χ1) is 10.9. The molecule has 0 aromatic heterocycles. The van der Waals surface area contributed by atoms with E-state index >= 15 is 0 Å². The van der Waals surface area contributed by atoms with Crippen LogP contribution in [-0.2, 0) is 4.79 Å². The van der Waals surface area contributed by atoms with Crippen molar-refractivity contribution < 1.29 is 4.79 Å². The highest BCUT2D eigenvalue weighted by atomic mass is 16.1. The van der Waals surface area contributed by atoms with E-state index in [1.807, 2.05) is 6.08 Å². The fourth-order valence-electron chi connectivity index (χ4n) is 5.90. The van der Waals surface area contributed by atoms with Gasteiger partial charge in [-0.25, -0.2) is 9.79 Å². The first kappa shape index (κ1) is 16.2. The SMILES string of the molecule is O=C=NCC1CC(C2CCCCC2)CCC1C1CCCCC1. The summed E-state index contributed by atoms with van der Waals surface area (Å²) < 4.78 is 0. The quantitative estimate of drug-likeness (QED) is 0.497. The molecule has 22 heavy (non-hydrogen) atoms. The van der Waals surface area contributed by atoms with Gasteiger partial charge in [-0.1, -0.05) is 64.2 Å². The van der Waals surface area contributed by atoms with Crippen LogP contribution in [0.25, 0.3) is 0 Å². The third kappa shape index (κ3) is 4.02. The Kier molecular flexibility index (Phi) is 6.12. The lowest BCUT2D eigenvalue weighted by atomic mass is 9.62. The van der Waals surface area contributed by atoms with Gasteiger partial charge in [0, 0.05) is 0 Å². The molecule has 3 saturated carbocycles. The molecule has 3 rings (SSSR count). The van der Waals surface area contributed by atoms with Crippen LogP contribution in [0.2, 0.25) is 0 Å². The maximum Gasteiger partial charge on any atom is 0.234 e. The van der Waals surface area contributed by atoms with Gasteiger partial charge >= 0.3 is 0 Å². The molecule has 0 saturated heterocycles. The van der Waals surface area contributed by atoms with Crippen molar-refractivity contribution in [2.75, 3.05) is 6.54 Å². The van der Waals surface area contributed by atoms with Gasteiger partial charge in [0.2, 0.25) is 6.08 Å². The summed E-state index contributed by atoms with van der Waals surface area (Å²) in [6.07, 6.45) is 20.4. The Labute approximate surface area is 136 Å². The zero-order valence-electron chi connectivity index (χ0n) is 14.1. The Balaban J connectivity index is 1.62. The lowest BCUT2D eigenvalue weighted by Gasteiger charge is -2.44. The summed E-state index contributed by atoms with van der Waals surface area (Å²) in [5.41, 5.74) is 0. The van der Waals surface area contributed by atoms with Crippen LogP contribution in [0.4, 0.5) is 0 Å². The van der Waals surface area contributed by atoms with Gasteiger partial charge in [-0.05, 0) is 48.9 Å². The van der Waals surface area contributed by atoms with E-state index in [-0.39, 0.29) is 0 Å². The van der Waals surface area contributed by atoms with Crippen molar-refractivity contribution in [3.8, 4) is 0 Å². The maximum atomic E-state index is 10.6. The van der Waals surface area contributed by atoms with E-state index in [1.54, 1.807) is 0 Å². The number of carbonyl (C=O) groups excluding carboxylic acids is 1. The molecule has 3 atom stereocenters. The van der Waals surface area contributed by atoms with E-state index in [9.17, 15) is 4.79 Å². The summed E-state index contributed by atoms with van der Waals surface area (Å²) >= 11 is 0. The third-order valence-corrected chi connectivity index (χ3v) is 7.04. The van der Waals surface area contributed by atoms with Crippen LogP contribution in [0.1, 0.15) is 83.5 Å². The highest BCUT2D eigenvalue weighted by Gasteiger charge is 2.38. The minimum absolute atomic E-state index is 0.672. The smallest absolute Gasteiger partial charge is 0.211 e. The first-order valence-electron chi connectivity index (χ1n) is 9.92. The fraction of sp³-hybridized carbons (Fsp3) is 0.950. The van der Waals surface area contributed by atoms with Crippen molar-refractivity contribution in [2.24, 2.45) is 34.6 Å². The molecular formula is C20H33NO. The molecule has 0 heterocycles. The average molecular weight is 303 g/mol. The summed E-state index contributed by atoms with van der Waals surface area (Å²) in [7, 11) is 0. The van der Waals surface area contributed by atoms with E-state index in [1.165, 1.54) is 83.5 Å². The molecule has 0 aliphatic heterocycles. The Bertz CT molecular complexity index is 375. The highest BCUT2D eigenvalue weighted by molar-refractivity contribution is 5.32. The van der Waals surface area contributed by atoms with Crippen molar-refractivity contribution in [1.82, 2.24) is 0 Å². The number of hydrogen-bond donors (Lipinski definition) is 0. The topological polar surface area (TPSA) is 29.4 Å².